The monoisotopic (exact) mass is 272 g/mol. The fourth-order valence-electron chi connectivity index (χ4n) is 1.71. The van der Waals surface area contributed by atoms with Crippen molar-refractivity contribution in [3.63, 3.8) is 0 Å². The van der Waals surface area contributed by atoms with Crippen LogP contribution in [0.2, 0.25) is 0 Å². The van der Waals surface area contributed by atoms with Gasteiger partial charge >= 0.3 is 5.97 Å². The van der Waals surface area contributed by atoms with Gasteiger partial charge in [-0.25, -0.2) is 4.79 Å². The van der Waals surface area contributed by atoms with Crippen LogP contribution in [0.25, 0.3) is 0 Å². The number of carbonyl (C=O) groups excluding carboxylic acids is 1. The number of hydrogen-bond acceptors (Lipinski definition) is 4. The topological polar surface area (TPSA) is 61.2 Å². The van der Waals surface area contributed by atoms with E-state index >= 15 is 0 Å². The van der Waals surface area contributed by atoms with Crippen molar-refractivity contribution >= 4 is 5.97 Å². The van der Waals surface area contributed by atoms with Gasteiger partial charge in [0, 0.05) is 18.5 Å². The molecule has 0 bridgehead atoms. The first kappa shape index (κ1) is 14.0. The SMILES string of the molecule is CC(C)OC(=O)c1ccn(Cc2ccccn2)c(=O)c1. The molecule has 0 radical (unpaired) electrons. The van der Waals surface area contributed by atoms with Crippen LogP contribution in [0.3, 0.4) is 0 Å². The van der Waals surface area contributed by atoms with E-state index in [-0.39, 0.29) is 17.2 Å². The van der Waals surface area contributed by atoms with Crippen LogP contribution in [0.15, 0.2) is 47.5 Å². The molecule has 0 N–H and O–H groups in total. The summed E-state index contributed by atoms with van der Waals surface area (Å²) in [4.78, 5) is 27.8. The summed E-state index contributed by atoms with van der Waals surface area (Å²) in [7, 11) is 0. The zero-order valence-corrected chi connectivity index (χ0v) is 11.4. The van der Waals surface area contributed by atoms with Gasteiger partial charge in [0.1, 0.15) is 0 Å². The molecule has 0 atom stereocenters. The third kappa shape index (κ3) is 3.54. The Morgan fingerprint density at radius 1 is 1.35 bits per heavy atom. The molecule has 2 heterocycles. The molecule has 2 rings (SSSR count). The number of rotatable bonds is 4. The molecular weight excluding hydrogens is 256 g/mol. The van der Waals surface area contributed by atoms with Gasteiger partial charge in [-0.2, -0.15) is 0 Å². The minimum absolute atomic E-state index is 0.210. The van der Waals surface area contributed by atoms with Crippen molar-refractivity contribution in [3.05, 3.63) is 64.3 Å². The maximum absolute atomic E-state index is 12.0. The Hall–Kier alpha value is -2.43. The lowest BCUT2D eigenvalue weighted by Crippen LogP contribution is -2.22. The van der Waals surface area contributed by atoms with Crippen molar-refractivity contribution in [2.45, 2.75) is 26.5 Å². The first-order valence-electron chi connectivity index (χ1n) is 6.37. The van der Waals surface area contributed by atoms with Gasteiger partial charge in [-0.05, 0) is 32.0 Å². The number of esters is 1. The summed E-state index contributed by atoms with van der Waals surface area (Å²) in [5.41, 5.74) is 0.793. The second kappa shape index (κ2) is 6.14. The van der Waals surface area contributed by atoms with E-state index < -0.39 is 5.97 Å². The Bertz CT molecular complexity index is 648. The van der Waals surface area contributed by atoms with Crippen LogP contribution in [0.4, 0.5) is 0 Å². The van der Waals surface area contributed by atoms with E-state index in [1.807, 2.05) is 18.2 Å². The third-order valence-corrected chi connectivity index (χ3v) is 2.63. The molecule has 5 heteroatoms. The maximum atomic E-state index is 12.0. The smallest absolute Gasteiger partial charge is 0.338 e. The molecule has 0 unspecified atom stereocenters. The predicted octanol–water partition coefficient (Wildman–Crippen LogP) is 1.86. The van der Waals surface area contributed by atoms with E-state index in [2.05, 4.69) is 4.98 Å². The average molecular weight is 272 g/mol. The number of hydrogen-bond donors (Lipinski definition) is 0. The number of aromatic nitrogens is 2. The third-order valence-electron chi connectivity index (χ3n) is 2.63. The average Bonchev–Trinajstić information content (AvgIpc) is 2.41. The van der Waals surface area contributed by atoms with Crippen molar-refractivity contribution in [1.29, 1.82) is 0 Å². The van der Waals surface area contributed by atoms with Crippen molar-refractivity contribution in [2.24, 2.45) is 0 Å². The molecule has 0 aromatic carbocycles. The highest BCUT2D eigenvalue weighted by Gasteiger charge is 2.10. The van der Waals surface area contributed by atoms with Crippen LogP contribution in [0.1, 0.15) is 29.9 Å². The van der Waals surface area contributed by atoms with Crippen LogP contribution in [0, 0.1) is 0 Å². The molecule has 0 saturated carbocycles. The summed E-state index contributed by atoms with van der Waals surface area (Å²) in [6.45, 7) is 3.90. The van der Waals surface area contributed by atoms with Gasteiger partial charge in [0.25, 0.3) is 5.56 Å². The molecule has 0 aliphatic heterocycles. The van der Waals surface area contributed by atoms with E-state index in [0.29, 0.717) is 6.54 Å². The molecule has 0 fully saturated rings. The van der Waals surface area contributed by atoms with Crippen LogP contribution in [-0.4, -0.2) is 21.6 Å². The molecule has 0 aliphatic carbocycles. The molecule has 104 valence electrons. The summed E-state index contributed by atoms with van der Waals surface area (Å²) in [5, 5.41) is 0. The van der Waals surface area contributed by atoms with E-state index in [1.54, 1.807) is 32.3 Å². The fourth-order valence-corrected chi connectivity index (χ4v) is 1.71. The van der Waals surface area contributed by atoms with Crippen LogP contribution in [0.5, 0.6) is 0 Å². The van der Waals surface area contributed by atoms with Crippen molar-refractivity contribution in [1.82, 2.24) is 9.55 Å². The quantitative estimate of drug-likeness (QED) is 0.797. The predicted molar refractivity (Wildman–Crippen MR) is 74.6 cm³/mol. The Morgan fingerprint density at radius 3 is 2.75 bits per heavy atom. The normalized spacial score (nSPS) is 10.6. The molecule has 0 amide bonds. The minimum atomic E-state index is -0.484. The number of nitrogens with zero attached hydrogens (tertiary/aromatic N) is 2. The van der Waals surface area contributed by atoms with Gasteiger partial charge in [-0.15, -0.1) is 0 Å². The summed E-state index contributed by atoms with van der Waals surface area (Å²) in [5.74, 6) is -0.484. The molecule has 20 heavy (non-hydrogen) atoms. The van der Waals surface area contributed by atoms with Crippen molar-refractivity contribution < 1.29 is 9.53 Å². The fraction of sp³-hybridized carbons (Fsp3) is 0.267. The lowest BCUT2D eigenvalue weighted by Gasteiger charge is -2.09. The van der Waals surface area contributed by atoms with E-state index in [0.717, 1.165) is 5.69 Å². The van der Waals surface area contributed by atoms with Crippen LogP contribution < -0.4 is 5.56 Å². The molecule has 2 aromatic rings. The van der Waals surface area contributed by atoms with Gasteiger partial charge in [0.05, 0.1) is 23.9 Å². The largest absolute Gasteiger partial charge is 0.459 e. The lowest BCUT2D eigenvalue weighted by molar-refractivity contribution is 0.0377. The second-order valence-electron chi connectivity index (χ2n) is 4.66. The van der Waals surface area contributed by atoms with Gasteiger partial charge in [0.15, 0.2) is 0 Å². The Labute approximate surface area is 116 Å². The van der Waals surface area contributed by atoms with Crippen molar-refractivity contribution in [2.75, 3.05) is 0 Å². The first-order valence-corrected chi connectivity index (χ1v) is 6.37. The van der Waals surface area contributed by atoms with Crippen LogP contribution in [-0.2, 0) is 11.3 Å². The van der Waals surface area contributed by atoms with Gasteiger partial charge in [0.2, 0.25) is 0 Å². The van der Waals surface area contributed by atoms with E-state index in [4.69, 9.17) is 4.74 Å². The lowest BCUT2D eigenvalue weighted by atomic mass is 10.2. The molecular formula is C15H16N2O3. The maximum Gasteiger partial charge on any atom is 0.338 e. The zero-order valence-electron chi connectivity index (χ0n) is 11.4. The number of carbonyl (C=O) groups is 1. The van der Waals surface area contributed by atoms with Gasteiger partial charge in [-0.1, -0.05) is 6.07 Å². The Morgan fingerprint density at radius 2 is 2.15 bits per heavy atom. The van der Waals surface area contributed by atoms with E-state index in [9.17, 15) is 9.59 Å². The zero-order chi connectivity index (χ0) is 14.5. The molecule has 0 aliphatic rings. The number of pyridine rings is 2. The Balaban J connectivity index is 2.18. The van der Waals surface area contributed by atoms with Gasteiger partial charge in [-0.3, -0.25) is 9.78 Å². The first-order chi connectivity index (χ1) is 9.56. The highest BCUT2D eigenvalue weighted by Crippen LogP contribution is 2.02. The molecule has 5 nitrogen and oxygen atoms in total. The second-order valence-corrected chi connectivity index (χ2v) is 4.66. The number of ether oxygens (including phenoxy) is 1. The highest BCUT2D eigenvalue weighted by atomic mass is 16.5. The van der Waals surface area contributed by atoms with Gasteiger partial charge < -0.3 is 9.30 Å². The highest BCUT2D eigenvalue weighted by molar-refractivity contribution is 5.89. The molecule has 0 spiro atoms. The Kier molecular flexibility index (Phi) is 4.30. The van der Waals surface area contributed by atoms with Crippen molar-refractivity contribution in [3.8, 4) is 0 Å². The summed E-state index contributed by atoms with van der Waals surface area (Å²) in [6, 6.07) is 8.38. The van der Waals surface area contributed by atoms with Crippen LogP contribution >= 0.6 is 0 Å². The standard InChI is InChI=1S/C15H16N2O3/c1-11(2)20-15(19)12-6-8-17(14(18)9-12)10-13-5-3-4-7-16-13/h3-9,11H,10H2,1-2H3. The molecule has 0 saturated heterocycles. The van der Waals surface area contributed by atoms with E-state index in [1.165, 1.54) is 10.6 Å². The summed E-state index contributed by atoms with van der Waals surface area (Å²) in [6.07, 6.45) is 3.04. The summed E-state index contributed by atoms with van der Waals surface area (Å²) >= 11 is 0. The summed E-state index contributed by atoms with van der Waals surface area (Å²) < 4.78 is 6.54. The minimum Gasteiger partial charge on any atom is -0.459 e. The molecule has 2 aromatic heterocycles.